The number of aryl methyl sites for hydroxylation is 1. The largest absolute Gasteiger partial charge is 0.497 e. The van der Waals surface area contributed by atoms with E-state index in [4.69, 9.17) is 14.0 Å². The number of nitrogens with zero attached hydrogens (tertiary/aromatic N) is 2. The molecule has 0 spiro atoms. The lowest BCUT2D eigenvalue weighted by atomic mass is 10.2. The lowest BCUT2D eigenvalue weighted by Crippen LogP contribution is -2.30. The Labute approximate surface area is 219 Å². The second kappa shape index (κ2) is 11.6. The minimum absolute atomic E-state index is 0.0226. The molecule has 1 heterocycles. The van der Waals surface area contributed by atoms with E-state index in [9.17, 15) is 18.0 Å². The molecule has 0 radical (unpaired) electrons. The number of carbonyl (C=O) groups excluding carboxylic acids is 2. The van der Waals surface area contributed by atoms with Crippen LogP contribution in [0.3, 0.4) is 0 Å². The number of benzene rings is 3. The van der Waals surface area contributed by atoms with Crippen LogP contribution in [0.2, 0.25) is 0 Å². The molecule has 4 rings (SSSR count). The predicted molar refractivity (Wildman–Crippen MR) is 139 cm³/mol. The smallest absolute Gasteiger partial charge is 0.338 e. The van der Waals surface area contributed by atoms with E-state index in [0.29, 0.717) is 17.2 Å². The highest BCUT2D eigenvalue weighted by atomic mass is 32.2. The average Bonchev–Trinajstić information content (AvgIpc) is 3.35. The molecule has 3 aromatic carbocycles. The van der Waals surface area contributed by atoms with Crippen LogP contribution in [0.4, 0.5) is 11.5 Å². The first-order valence-corrected chi connectivity index (χ1v) is 12.9. The topological polar surface area (TPSA) is 128 Å². The van der Waals surface area contributed by atoms with Gasteiger partial charge < -0.3 is 19.3 Å². The van der Waals surface area contributed by atoms with Crippen LogP contribution in [0.5, 0.6) is 5.75 Å². The van der Waals surface area contributed by atoms with Gasteiger partial charge in [-0.25, -0.2) is 13.2 Å². The van der Waals surface area contributed by atoms with Crippen molar-refractivity contribution in [3.05, 3.63) is 102 Å². The van der Waals surface area contributed by atoms with Crippen LogP contribution in [0.15, 0.2) is 94.3 Å². The van der Waals surface area contributed by atoms with Crippen LogP contribution in [-0.2, 0) is 26.1 Å². The number of anilines is 2. The van der Waals surface area contributed by atoms with Crippen molar-refractivity contribution in [3.63, 3.8) is 0 Å². The van der Waals surface area contributed by atoms with Gasteiger partial charge in [0.1, 0.15) is 11.5 Å². The third-order valence-electron chi connectivity index (χ3n) is 5.42. The molecule has 0 saturated carbocycles. The number of amides is 1. The van der Waals surface area contributed by atoms with Crippen molar-refractivity contribution >= 4 is 33.4 Å². The van der Waals surface area contributed by atoms with Crippen molar-refractivity contribution in [1.82, 2.24) is 5.16 Å². The van der Waals surface area contributed by atoms with Crippen molar-refractivity contribution in [2.24, 2.45) is 0 Å². The number of hydrogen-bond acceptors (Lipinski definition) is 8. The summed E-state index contributed by atoms with van der Waals surface area (Å²) in [4.78, 5) is 24.6. The van der Waals surface area contributed by atoms with Gasteiger partial charge in [-0.05, 0) is 55.0 Å². The molecule has 1 N–H and O–H groups in total. The van der Waals surface area contributed by atoms with Crippen molar-refractivity contribution in [3.8, 4) is 5.75 Å². The molecule has 0 aliphatic carbocycles. The standard InChI is InChI=1S/C27H25N3O7S/c1-19-15-25(29-37-19)28-26(31)18-36-27(32)21-9-6-10-24(16-21)38(33,34)30(17-20-7-4-3-5-8-20)22-11-13-23(35-2)14-12-22/h3-16H,17-18H2,1-2H3,(H,28,29,31). The molecule has 1 aromatic heterocycles. The summed E-state index contributed by atoms with van der Waals surface area (Å²) < 4.78 is 44.0. The van der Waals surface area contributed by atoms with Gasteiger partial charge in [0.05, 0.1) is 29.8 Å². The normalized spacial score (nSPS) is 11.0. The molecule has 0 atom stereocenters. The van der Waals surface area contributed by atoms with E-state index >= 15 is 0 Å². The molecule has 0 fully saturated rings. The number of esters is 1. The summed E-state index contributed by atoms with van der Waals surface area (Å²) in [5.41, 5.74) is 1.17. The van der Waals surface area contributed by atoms with E-state index in [2.05, 4.69) is 10.5 Å². The number of sulfonamides is 1. The van der Waals surface area contributed by atoms with Crippen molar-refractivity contribution in [1.29, 1.82) is 0 Å². The fourth-order valence-electron chi connectivity index (χ4n) is 3.54. The minimum Gasteiger partial charge on any atom is -0.497 e. The highest BCUT2D eigenvalue weighted by molar-refractivity contribution is 7.92. The molecule has 0 aliphatic heterocycles. The Morgan fingerprint density at radius 2 is 1.71 bits per heavy atom. The van der Waals surface area contributed by atoms with E-state index in [1.807, 2.05) is 30.3 Å². The lowest BCUT2D eigenvalue weighted by molar-refractivity contribution is -0.119. The van der Waals surface area contributed by atoms with Crippen LogP contribution in [0.1, 0.15) is 21.7 Å². The van der Waals surface area contributed by atoms with E-state index in [-0.39, 0.29) is 22.8 Å². The highest BCUT2D eigenvalue weighted by Gasteiger charge is 2.26. The maximum absolute atomic E-state index is 13.8. The summed E-state index contributed by atoms with van der Waals surface area (Å²) in [5, 5.41) is 6.07. The zero-order valence-electron chi connectivity index (χ0n) is 20.7. The van der Waals surface area contributed by atoms with Crippen molar-refractivity contribution < 1.29 is 32.0 Å². The van der Waals surface area contributed by atoms with Crippen molar-refractivity contribution in [2.45, 2.75) is 18.4 Å². The lowest BCUT2D eigenvalue weighted by Gasteiger charge is -2.25. The maximum Gasteiger partial charge on any atom is 0.338 e. The van der Waals surface area contributed by atoms with Crippen LogP contribution in [0, 0.1) is 6.92 Å². The van der Waals surface area contributed by atoms with Gasteiger partial charge in [0.2, 0.25) is 0 Å². The molecule has 0 saturated heterocycles. The quantitative estimate of drug-likeness (QED) is 0.300. The van der Waals surface area contributed by atoms with Gasteiger partial charge in [-0.1, -0.05) is 41.6 Å². The average molecular weight is 536 g/mol. The molecule has 4 aromatic rings. The SMILES string of the molecule is COc1ccc(N(Cc2ccccc2)S(=O)(=O)c2cccc(C(=O)OCC(=O)Nc3cc(C)on3)c2)cc1. The number of methoxy groups -OCH3 is 1. The zero-order valence-corrected chi connectivity index (χ0v) is 21.5. The molecule has 11 heteroatoms. The Bertz CT molecular complexity index is 1520. The first kappa shape index (κ1) is 26.4. The number of nitrogens with one attached hydrogen (secondary N) is 1. The van der Waals surface area contributed by atoms with Gasteiger partial charge in [-0.15, -0.1) is 0 Å². The second-order valence-electron chi connectivity index (χ2n) is 8.17. The zero-order chi connectivity index (χ0) is 27.1. The number of aromatic nitrogens is 1. The van der Waals surface area contributed by atoms with Gasteiger partial charge in [0.15, 0.2) is 12.4 Å². The van der Waals surface area contributed by atoms with Crippen LogP contribution in [-0.4, -0.2) is 39.2 Å². The third kappa shape index (κ3) is 6.37. The van der Waals surface area contributed by atoms with E-state index in [1.54, 1.807) is 31.2 Å². The molecule has 0 aliphatic rings. The Kier molecular flexibility index (Phi) is 8.07. The Morgan fingerprint density at radius 3 is 2.37 bits per heavy atom. The van der Waals surface area contributed by atoms with E-state index < -0.39 is 28.5 Å². The van der Waals surface area contributed by atoms with Gasteiger partial charge in [-0.3, -0.25) is 9.10 Å². The van der Waals surface area contributed by atoms with Crippen LogP contribution < -0.4 is 14.4 Å². The Hall–Kier alpha value is -4.64. The van der Waals surface area contributed by atoms with Gasteiger partial charge >= 0.3 is 5.97 Å². The fraction of sp³-hybridized carbons (Fsp3) is 0.148. The minimum atomic E-state index is -4.11. The predicted octanol–water partition coefficient (Wildman–Crippen LogP) is 4.18. The highest BCUT2D eigenvalue weighted by Crippen LogP contribution is 2.28. The molecule has 38 heavy (non-hydrogen) atoms. The summed E-state index contributed by atoms with van der Waals surface area (Å²) in [6, 6.07) is 22.8. The molecule has 0 bridgehead atoms. The number of carbonyl (C=O) groups is 2. The Balaban J connectivity index is 1.55. The molecule has 10 nitrogen and oxygen atoms in total. The second-order valence-corrected chi connectivity index (χ2v) is 10.0. The first-order chi connectivity index (χ1) is 18.3. The van der Waals surface area contributed by atoms with Crippen LogP contribution >= 0.6 is 0 Å². The summed E-state index contributed by atoms with van der Waals surface area (Å²) in [5.74, 6) is -0.199. The van der Waals surface area contributed by atoms with Gasteiger partial charge in [-0.2, -0.15) is 0 Å². The molecular formula is C27H25N3O7S. The maximum atomic E-state index is 13.8. The summed E-state index contributed by atoms with van der Waals surface area (Å²) in [7, 11) is -2.59. The first-order valence-electron chi connectivity index (χ1n) is 11.5. The number of rotatable bonds is 10. The van der Waals surface area contributed by atoms with Crippen LogP contribution in [0.25, 0.3) is 0 Å². The summed E-state index contributed by atoms with van der Waals surface area (Å²) in [6.45, 7) is 1.14. The third-order valence-corrected chi connectivity index (χ3v) is 7.19. The molecule has 196 valence electrons. The number of ether oxygens (including phenoxy) is 2. The van der Waals surface area contributed by atoms with E-state index in [1.165, 1.54) is 41.7 Å². The molecule has 1 amide bonds. The monoisotopic (exact) mass is 535 g/mol. The summed E-state index contributed by atoms with van der Waals surface area (Å²) >= 11 is 0. The summed E-state index contributed by atoms with van der Waals surface area (Å²) in [6.07, 6.45) is 0. The van der Waals surface area contributed by atoms with Crippen molar-refractivity contribution in [2.75, 3.05) is 23.3 Å². The number of hydrogen-bond donors (Lipinski definition) is 1. The fourth-order valence-corrected chi connectivity index (χ4v) is 5.04. The Morgan fingerprint density at radius 1 is 0.974 bits per heavy atom. The molecule has 0 unspecified atom stereocenters. The van der Waals surface area contributed by atoms with Gasteiger partial charge in [0, 0.05) is 6.07 Å². The molecular weight excluding hydrogens is 510 g/mol. The van der Waals surface area contributed by atoms with Gasteiger partial charge in [0.25, 0.3) is 15.9 Å². The van der Waals surface area contributed by atoms with E-state index in [0.717, 1.165) is 5.56 Å².